The molecule has 5 heteroatoms. The van der Waals surface area contributed by atoms with E-state index >= 15 is 0 Å². The lowest BCUT2D eigenvalue weighted by Gasteiger charge is -2.44. The van der Waals surface area contributed by atoms with Crippen molar-refractivity contribution in [1.82, 2.24) is 5.32 Å². The first-order valence-electron chi connectivity index (χ1n) is 11.1. The molecule has 1 heterocycles. The van der Waals surface area contributed by atoms with Gasteiger partial charge in [0.15, 0.2) is 11.5 Å². The smallest absolute Gasteiger partial charge is 0.223 e. The molecule has 3 N–H and O–H groups in total. The number of carbonyl (C=O) groups is 1. The van der Waals surface area contributed by atoms with Crippen molar-refractivity contribution in [3.63, 3.8) is 0 Å². The van der Waals surface area contributed by atoms with Crippen LogP contribution in [0.5, 0.6) is 11.5 Å². The normalized spacial score (nSPS) is 33.3. The topological polar surface area (TPSA) is 73.6 Å². The van der Waals surface area contributed by atoms with Crippen molar-refractivity contribution in [2.75, 3.05) is 13.2 Å². The van der Waals surface area contributed by atoms with E-state index in [0.717, 1.165) is 55.6 Å². The van der Waals surface area contributed by atoms with Crippen molar-refractivity contribution < 1.29 is 14.3 Å². The summed E-state index contributed by atoms with van der Waals surface area (Å²) in [7, 11) is 0. The third kappa shape index (κ3) is 3.18. The molecule has 3 fully saturated rings. The zero-order valence-corrected chi connectivity index (χ0v) is 16.6. The fourth-order valence-electron chi connectivity index (χ4n) is 6.15. The Labute approximate surface area is 167 Å². The minimum atomic E-state index is -0.262. The second-order valence-electron chi connectivity index (χ2n) is 9.33. The van der Waals surface area contributed by atoms with Crippen LogP contribution in [0.2, 0.25) is 0 Å². The standard InChI is InChI=1S/C23H32N2O3/c24-21-15-4-3-5-16(21)13-17(12-15)22(26)25-23(8-1-2-9-23)18-6-7-19-20(14-18)28-11-10-27-19/h6-7,14-17,21H,1-5,8-13,24H2,(H,25,26). The van der Waals surface area contributed by atoms with E-state index in [2.05, 4.69) is 17.4 Å². The number of ether oxygens (including phenoxy) is 2. The number of hydrogen-bond acceptors (Lipinski definition) is 4. The van der Waals surface area contributed by atoms with Gasteiger partial charge in [0.2, 0.25) is 5.91 Å². The van der Waals surface area contributed by atoms with Gasteiger partial charge < -0.3 is 20.5 Å². The summed E-state index contributed by atoms with van der Waals surface area (Å²) in [5.41, 5.74) is 7.33. The number of nitrogens with two attached hydrogens (primary N) is 1. The molecule has 2 unspecified atom stereocenters. The van der Waals surface area contributed by atoms with E-state index in [-0.39, 0.29) is 17.4 Å². The van der Waals surface area contributed by atoms with Crippen LogP contribution in [0.3, 0.4) is 0 Å². The van der Waals surface area contributed by atoms with E-state index in [4.69, 9.17) is 15.2 Å². The third-order valence-electron chi connectivity index (χ3n) is 7.70. The lowest BCUT2D eigenvalue weighted by atomic mass is 9.65. The summed E-state index contributed by atoms with van der Waals surface area (Å²) in [5.74, 6) is 3.02. The quantitative estimate of drug-likeness (QED) is 0.837. The second kappa shape index (κ2) is 7.25. The first kappa shape index (κ1) is 18.3. The molecule has 1 aromatic rings. The average molecular weight is 385 g/mol. The van der Waals surface area contributed by atoms with Crippen molar-refractivity contribution in [3.8, 4) is 11.5 Å². The summed E-state index contributed by atoms with van der Waals surface area (Å²) in [5, 5.41) is 3.51. The lowest BCUT2D eigenvalue weighted by molar-refractivity contribution is -0.130. The summed E-state index contributed by atoms with van der Waals surface area (Å²) in [4.78, 5) is 13.4. The van der Waals surface area contributed by atoms with Gasteiger partial charge in [0, 0.05) is 12.0 Å². The maximum atomic E-state index is 13.4. The molecule has 5 rings (SSSR count). The van der Waals surface area contributed by atoms with Crippen LogP contribution in [0.15, 0.2) is 18.2 Å². The van der Waals surface area contributed by atoms with Crippen molar-refractivity contribution in [1.29, 1.82) is 0 Å². The number of hydrogen-bond donors (Lipinski definition) is 2. The van der Waals surface area contributed by atoms with E-state index in [1.165, 1.54) is 19.3 Å². The van der Waals surface area contributed by atoms with Crippen molar-refractivity contribution in [3.05, 3.63) is 23.8 Å². The monoisotopic (exact) mass is 384 g/mol. The van der Waals surface area contributed by atoms with Gasteiger partial charge in [0.1, 0.15) is 13.2 Å². The SMILES string of the molecule is NC1C2CCCC1CC(C(=O)NC1(c3ccc4c(c3)OCCO4)CCCC1)C2. The van der Waals surface area contributed by atoms with Crippen molar-refractivity contribution in [2.45, 2.75) is 69.4 Å². The summed E-state index contributed by atoms with van der Waals surface area (Å²) in [6.45, 7) is 1.18. The summed E-state index contributed by atoms with van der Waals surface area (Å²) >= 11 is 0. The molecule has 1 amide bonds. The van der Waals surface area contributed by atoms with Crippen LogP contribution in [0.4, 0.5) is 0 Å². The Balaban J connectivity index is 1.36. The van der Waals surface area contributed by atoms with Crippen LogP contribution in [-0.2, 0) is 10.3 Å². The van der Waals surface area contributed by atoms with Gasteiger partial charge in [-0.2, -0.15) is 0 Å². The predicted octanol–water partition coefficient (Wildman–Crippen LogP) is 3.50. The molecule has 1 aliphatic heterocycles. The molecule has 0 aromatic heterocycles. The molecule has 152 valence electrons. The highest BCUT2D eigenvalue weighted by atomic mass is 16.6. The lowest BCUT2D eigenvalue weighted by Crippen LogP contribution is -2.52. The molecule has 0 radical (unpaired) electrons. The van der Waals surface area contributed by atoms with Gasteiger partial charge in [-0.1, -0.05) is 25.3 Å². The molecule has 5 nitrogen and oxygen atoms in total. The Hall–Kier alpha value is -1.75. The van der Waals surface area contributed by atoms with Gasteiger partial charge in [0.25, 0.3) is 0 Å². The molecule has 3 saturated carbocycles. The maximum absolute atomic E-state index is 13.4. The van der Waals surface area contributed by atoms with Crippen molar-refractivity contribution >= 4 is 5.91 Å². The summed E-state index contributed by atoms with van der Waals surface area (Å²) < 4.78 is 11.5. The molecule has 0 saturated heterocycles. The molecule has 28 heavy (non-hydrogen) atoms. The molecule has 1 aromatic carbocycles. The number of amides is 1. The van der Waals surface area contributed by atoms with Crippen LogP contribution in [0.1, 0.15) is 63.4 Å². The van der Waals surface area contributed by atoms with E-state index in [1.807, 2.05) is 6.07 Å². The number of benzene rings is 1. The fraction of sp³-hybridized carbons (Fsp3) is 0.696. The maximum Gasteiger partial charge on any atom is 0.223 e. The molecule has 3 aliphatic carbocycles. The van der Waals surface area contributed by atoms with E-state index < -0.39 is 0 Å². The van der Waals surface area contributed by atoms with Gasteiger partial charge in [-0.15, -0.1) is 0 Å². The highest BCUT2D eigenvalue weighted by molar-refractivity contribution is 5.80. The largest absolute Gasteiger partial charge is 0.486 e. The molecule has 0 spiro atoms. The third-order valence-corrected chi connectivity index (χ3v) is 7.70. The highest BCUT2D eigenvalue weighted by Gasteiger charge is 2.44. The Morgan fingerprint density at radius 2 is 1.68 bits per heavy atom. The molecule has 2 atom stereocenters. The number of rotatable bonds is 3. The average Bonchev–Trinajstić information content (AvgIpc) is 3.17. The Morgan fingerprint density at radius 3 is 2.39 bits per heavy atom. The van der Waals surface area contributed by atoms with Crippen LogP contribution in [0, 0.1) is 17.8 Å². The Bertz CT molecular complexity index is 729. The van der Waals surface area contributed by atoms with Crippen LogP contribution in [0.25, 0.3) is 0 Å². The van der Waals surface area contributed by atoms with Crippen LogP contribution < -0.4 is 20.5 Å². The summed E-state index contributed by atoms with van der Waals surface area (Å²) in [6, 6.07) is 6.51. The first-order valence-corrected chi connectivity index (χ1v) is 11.1. The second-order valence-corrected chi connectivity index (χ2v) is 9.33. The van der Waals surface area contributed by atoms with E-state index in [1.54, 1.807) is 0 Å². The fourth-order valence-corrected chi connectivity index (χ4v) is 6.15. The van der Waals surface area contributed by atoms with Crippen molar-refractivity contribution in [2.24, 2.45) is 23.5 Å². The van der Waals surface area contributed by atoms with Crippen LogP contribution in [-0.4, -0.2) is 25.2 Å². The van der Waals surface area contributed by atoms with E-state index in [9.17, 15) is 4.79 Å². The Kier molecular flexibility index (Phi) is 4.74. The van der Waals surface area contributed by atoms with E-state index in [0.29, 0.717) is 31.1 Å². The minimum Gasteiger partial charge on any atom is -0.486 e. The predicted molar refractivity (Wildman–Crippen MR) is 107 cm³/mol. The van der Waals surface area contributed by atoms with Gasteiger partial charge >= 0.3 is 0 Å². The summed E-state index contributed by atoms with van der Waals surface area (Å²) in [6.07, 6.45) is 9.86. The van der Waals surface area contributed by atoms with Gasteiger partial charge in [-0.25, -0.2) is 0 Å². The zero-order valence-electron chi connectivity index (χ0n) is 16.6. The highest BCUT2D eigenvalue weighted by Crippen LogP contribution is 2.45. The van der Waals surface area contributed by atoms with Gasteiger partial charge in [-0.05, 0) is 68.1 Å². The number of carbonyl (C=O) groups excluding carboxylic acids is 1. The number of nitrogens with one attached hydrogen (secondary N) is 1. The molecule has 2 bridgehead atoms. The van der Waals surface area contributed by atoms with Gasteiger partial charge in [-0.3, -0.25) is 4.79 Å². The van der Waals surface area contributed by atoms with Gasteiger partial charge in [0.05, 0.1) is 5.54 Å². The number of fused-ring (bicyclic) bond motifs is 3. The first-order chi connectivity index (χ1) is 13.6. The minimum absolute atomic E-state index is 0.116. The zero-order chi connectivity index (χ0) is 19.1. The molecular weight excluding hydrogens is 352 g/mol. The van der Waals surface area contributed by atoms with Crippen LogP contribution >= 0.6 is 0 Å². The Morgan fingerprint density at radius 1 is 1.00 bits per heavy atom. The molecule has 4 aliphatic rings. The molecular formula is C23H32N2O3.